The van der Waals surface area contributed by atoms with Gasteiger partial charge in [0.25, 0.3) is 15.6 Å². The van der Waals surface area contributed by atoms with E-state index >= 15 is 0 Å². The van der Waals surface area contributed by atoms with E-state index in [1.807, 2.05) is 44.3 Å². The van der Waals surface area contributed by atoms with Crippen molar-refractivity contribution in [2.24, 2.45) is 0 Å². The van der Waals surface area contributed by atoms with Crippen LogP contribution in [0.5, 0.6) is 0 Å². The average Bonchev–Trinajstić information content (AvgIpc) is 3.25. The van der Waals surface area contributed by atoms with E-state index in [2.05, 4.69) is 14.7 Å². The van der Waals surface area contributed by atoms with Crippen LogP contribution < -0.4 is 16.0 Å². The maximum atomic E-state index is 13.7. The molecule has 186 valence electrons. The lowest BCUT2D eigenvalue weighted by molar-refractivity contribution is 0.560. The van der Waals surface area contributed by atoms with Crippen molar-refractivity contribution in [2.45, 2.75) is 49.5 Å². The first-order chi connectivity index (χ1) is 17.1. The van der Waals surface area contributed by atoms with Crippen LogP contribution in [0.4, 0.5) is 0 Å². The summed E-state index contributed by atoms with van der Waals surface area (Å²) in [6, 6.07) is 9.21. The van der Waals surface area contributed by atoms with Crippen molar-refractivity contribution < 1.29 is 8.42 Å². The van der Waals surface area contributed by atoms with E-state index in [1.165, 1.54) is 26.5 Å². The Morgan fingerprint density at radius 1 is 1.11 bits per heavy atom. The molecule has 1 aliphatic rings. The van der Waals surface area contributed by atoms with Gasteiger partial charge in [-0.15, -0.1) is 22.7 Å². The number of sulfonamides is 1. The SMILES string of the molecule is Cc1ncc(Cn2c(=O)c3cc(S(=O)(=O)NC4(C)CC4)sc3n(Cc3ccc4cc[nH]c4c3)c2=O)s1. The quantitative estimate of drug-likeness (QED) is 0.327. The molecule has 0 atom stereocenters. The monoisotopic (exact) mass is 541 g/mol. The molecule has 6 rings (SSSR count). The van der Waals surface area contributed by atoms with Crippen molar-refractivity contribution in [3.05, 3.63) is 79.0 Å². The molecule has 1 aromatic carbocycles. The van der Waals surface area contributed by atoms with Crippen LogP contribution in [-0.2, 0) is 23.1 Å². The minimum atomic E-state index is -3.83. The number of rotatable bonds is 7. The van der Waals surface area contributed by atoms with Gasteiger partial charge in [0.15, 0.2) is 0 Å². The second-order valence-electron chi connectivity index (χ2n) is 9.46. The number of fused-ring (bicyclic) bond motifs is 2. The smallest absolute Gasteiger partial charge is 0.332 e. The Balaban J connectivity index is 1.53. The van der Waals surface area contributed by atoms with Gasteiger partial charge in [0.2, 0.25) is 0 Å². The average molecular weight is 542 g/mol. The van der Waals surface area contributed by atoms with Crippen LogP contribution in [0.2, 0.25) is 0 Å². The number of aromatic nitrogens is 4. The Labute approximate surface area is 214 Å². The second-order valence-corrected chi connectivity index (χ2v) is 13.7. The lowest BCUT2D eigenvalue weighted by Crippen LogP contribution is -2.40. The summed E-state index contributed by atoms with van der Waals surface area (Å²) < 4.78 is 31.7. The zero-order chi connectivity index (χ0) is 25.2. The number of nitrogens with one attached hydrogen (secondary N) is 2. The van der Waals surface area contributed by atoms with Gasteiger partial charge in [0.05, 0.1) is 23.5 Å². The van der Waals surface area contributed by atoms with Gasteiger partial charge in [-0.2, -0.15) is 0 Å². The normalized spacial score (nSPS) is 15.2. The molecule has 0 spiro atoms. The third kappa shape index (κ3) is 4.13. The highest BCUT2D eigenvalue weighted by Crippen LogP contribution is 2.37. The Bertz CT molecular complexity index is 1870. The summed E-state index contributed by atoms with van der Waals surface area (Å²) in [5.74, 6) is 0. The molecule has 1 saturated carbocycles. The fourth-order valence-corrected chi connectivity index (χ4v) is 7.95. The standard InChI is InChI=1S/C24H23N5O4S3/c1-14-26-11-17(34-14)13-28-21(30)18-10-20(36(32,33)27-24(2)6-7-24)35-22(18)29(23(28)31)12-15-3-4-16-5-8-25-19(16)9-15/h3-5,8-11,25,27H,6-7,12-13H2,1-2H3. The maximum absolute atomic E-state index is 13.7. The lowest BCUT2D eigenvalue weighted by atomic mass is 10.1. The van der Waals surface area contributed by atoms with Crippen LogP contribution in [0.15, 0.2) is 56.5 Å². The Kier molecular flexibility index (Phi) is 5.34. The first kappa shape index (κ1) is 23.3. The third-order valence-electron chi connectivity index (χ3n) is 6.46. The zero-order valence-corrected chi connectivity index (χ0v) is 22.0. The Hall–Kier alpha value is -3.06. The summed E-state index contributed by atoms with van der Waals surface area (Å²) in [4.78, 5) is 35.7. The molecule has 4 heterocycles. The predicted octanol–water partition coefficient (Wildman–Crippen LogP) is 3.40. The minimum Gasteiger partial charge on any atom is -0.361 e. The molecular weight excluding hydrogens is 518 g/mol. The van der Waals surface area contributed by atoms with E-state index in [9.17, 15) is 18.0 Å². The molecule has 36 heavy (non-hydrogen) atoms. The molecule has 0 radical (unpaired) electrons. The van der Waals surface area contributed by atoms with Crippen LogP contribution in [0.25, 0.3) is 21.1 Å². The second kappa shape index (κ2) is 8.23. The molecule has 0 aliphatic heterocycles. The first-order valence-electron chi connectivity index (χ1n) is 11.4. The molecule has 1 fully saturated rings. The summed E-state index contributed by atoms with van der Waals surface area (Å²) in [7, 11) is -3.83. The van der Waals surface area contributed by atoms with E-state index in [0.717, 1.165) is 50.5 Å². The highest BCUT2D eigenvalue weighted by molar-refractivity contribution is 7.91. The molecule has 0 unspecified atom stereocenters. The van der Waals surface area contributed by atoms with Crippen molar-refractivity contribution in [2.75, 3.05) is 0 Å². The molecule has 0 bridgehead atoms. The number of benzene rings is 1. The van der Waals surface area contributed by atoms with Crippen LogP contribution >= 0.6 is 22.7 Å². The van der Waals surface area contributed by atoms with E-state index in [4.69, 9.17) is 0 Å². The van der Waals surface area contributed by atoms with Crippen molar-refractivity contribution >= 4 is 53.8 Å². The Morgan fingerprint density at radius 3 is 2.64 bits per heavy atom. The summed E-state index contributed by atoms with van der Waals surface area (Å²) in [6.45, 7) is 3.98. The molecule has 4 aromatic heterocycles. The van der Waals surface area contributed by atoms with Gasteiger partial charge in [0, 0.05) is 28.3 Å². The number of thiophene rings is 1. The lowest BCUT2D eigenvalue weighted by Gasteiger charge is -2.12. The number of aryl methyl sites for hydroxylation is 1. The predicted molar refractivity (Wildman–Crippen MR) is 142 cm³/mol. The van der Waals surface area contributed by atoms with Crippen molar-refractivity contribution in [3.63, 3.8) is 0 Å². The molecule has 12 heteroatoms. The molecule has 0 amide bonds. The molecule has 0 saturated heterocycles. The fraction of sp³-hybridized carbons (Fsp3) is 0.292. The summed E-state index contributed by atoms with van der Waals surface area (Å²) in [6.07, 6.45) is 5.04. The van der Waals surface area contributed by atoms with Gasteiger partial charge < -0.3 is 4.98 Å². The highest BCUT2D eigenvalue weighted by Gasteiger charge is 2.41. The van der Waals surface area contributed by atoms with E-state index < -0.39 is 26.8 Å². The number of thiazole rings is 1. The number of aromatic amines is 1. The summed E-state index contributed by atoms with van der Waals surface area (Å²) in [5.41, 5.74) is 0.338. The zero-order valence-electron chi connectivity index (χ0n) is 19.6. The number of hydrogen-bond acceptors (Lipinski definition) is 7. The topological polar surface area (TPSA) is 119 Å². The summed E-state index contributed by atoms with van der Waals surface area (Å²) in [5, 5.41) is 2.09. The van der Waals surface area contributed by atoms with Crippen LogP contribution in [0, 0.1) is 6.92 Å². The van der Waals surface area contributed by atoms with Crippen LogP contribution in [0.3, 0.4) is 0 Å². The molecule has 2 N–H and O–H groups in total. The van der Waals surface area contributed by atoms with Crippen LogP contribution in [0.1, 0.15) is 35.2 Å². The van der Waals surface area contributed by atoms with E-state index in [0.29, 0.717) is 4.83 Å². The van der Waals surface area contributed by atoms with E-state index in [-0.39, 0.29) is 22.7 Å². The highest BCUT2D eigenvalue weighted by atomic mass is 32.2. The number of H-pyrrole nitrogens is 1. The molecule has 9 nitrogen and oxygen atoms in total. The molecular formula is C24H23N5O4S3. The largest absolute Gasteiger partial charge is 0.361 e. The van der Waals surface area contributed by atoms with Crippen molar-refractivity contribution in [1.29, 1.82) is 0 Å². The van der Waals surface area contributed by atoms with Gasteiger partial charge in [0.1, 0.15) is 9.04 Å². The van der Waals surface area contributed by atoms with Gasteiger partial charge in [-0.1, -0.05) is 12.1 Å². The van der Waals surface area contributed by atoms with Crippen LogP contribution in [-0.4, -0.2) is 33.1 Å². The minimum absolute atomic E-state index is 0.0297. The fourth-order valence-electron chi connectivity index (χ4n) is 4.26. The van der Waals surface area contributed by atoms with Gasteiger partial charge in [-0.05, 0) is 55.8 Å². The number of nitrogens with zero attached hydrogens (tertiary/aromatic N) is 3. The molecule has 5 aromatic rings. The summed E-state index contributed by atoms with van der Waals surface area (Å²) >= 11 is 2.37. The maximum Gasteiger partial charge on any atom is 0.332 e. The van der Waals surface area contributed by atoms with Crippen molar-refractivity contribution in [3.8, 4) is 0 Å². The first-order valence-corrected chi connectivity index (χ1v) is 14.5. The molecule has 1 aliphatic carbocycles. The van der Waals surface area contributed by atoms with Crippen molar-refractivity contribution in [1.82, 2.24) is 23.8 Å². The Morgan fingerprint density at radius 2 is 1.92 bits per heavy atom. The van der Waals surface area contributed by atoms with Gasteiger partial charge >= 0.3 is 5.69 Å². The number of hydrogen-bond donors (Lipinski definition) is 2. The van der Waals surface area contributed by atoms with Gasteiger partial charge in [-0.25, -0.2) is 22.9 Å². The van der Waals surface area contributed by atoms with E-state index in [1.54, 1.807) is 6.20 Å². The van der Waals surface area contributed by atoms with Gasteiger partial charge in [-0.3, -0.25) is 13.9 Å². The third-order valence-corrected chi connectivity index (χ3v) is 10.6.